The Bertz CT molecular complexity index is 732. The molecular formula is C22H30N4O. The van der Waals surface area contributed by atoms with Crippen molar-refractivity contribution < 1.29 is 4.74 Å². The lowest BCUT2D eigenvalue weighted by Gasteiger charge is -2.23. The van der Waals surface area contributed by atoms with E-state index in [4.69, 9.17) is 10.5 Å². The van der Waals surface area contributed by atoms with Crippen LogP contribution in [-0.4, -0.2) is 36.5 Å². The maximum absolute atomic E-state index is 6.05. The molecule has 144 valence electrons. The maximum atomic E-state index is 6.05. The van der Waals surface area contributed by atoms with Crippen LogP contribution in [0.25, 0.3) is 0 Å². The molecule has 0 radical (unpaired) electrons. The van der Waals surface area contributed by atoms with Crippen molar-refractivity contribution in [3.63, 3.8) is 0 Å². The number of likely N-dealkylation sites (N-methyl/N-ethyl adjacent to an activating group) is 1. The van der Waals surface area contributed by atoms with Crippen LogP contribution in [0, 0.1) is 0 Å². The zero-order chi connectivity index (χ0) is 18.9. The largest absolute Gasteiger partial charge is 0.489 e. The molecule has 27 heavy (non-hydrogen) atoms. The monoisotopic (exact) mass is 366 g/mol. The fraction of sp³-hybridized carbons (Fsp3) is 0.409. The zero-order valence-corrected chi connectivity index (χ0v) is 16.1. The van der Waals surface area contributed by atoms with Crippen LogP contribution in [0.5, 0.6) is 5.75 Å². The third kappa shape index (κ3) is 6.00. The Labute approximate surface area is 162 Å². The lowest BCUT2D eigenvalue weighted by molar-refractivity contribution is 0.267. The number of hydrogen-bond donors (Lipinski definition) is 2. The summed E-state index contributed by atoms with van der Waals surface area (Å²) >= 11 is 0. The van der Waals surface area contributed by atoms with Gasteiger partial charge in [-0.1, -0.05) is 49.4 Å². The summed E-state index contributed by atoms with van der Waals surface area (Å²) in [4.78, 5) is 6.99. The van der Waals surface area contributed by atoms with Gasteiger partial charge in [-0.05, 0) is 49.2 Å². The highest BCUT2D eigenvalue weighted by Gasteiger charge is 2.22. The van der Waals surface area contributed by atoms with Gasteiger partial charge in [0.15, 0.2) is 5.96 Å². The molecule has 3 N–H and O–H groups in total. The SMILES string of the molecule is CCN1CCCC1CNC(N)=NCc1cccc(COc2ccccc2)c1. The van der Waals surface area contributed by atoms with E-state index in [1.54, 1.807) is 0 Å². The lowest BCUT2D eigenvalue weighted by atomic mass is 10.1. The highest BCUT2D eigenvalue weighted by atomic mass is 16.5. The second kappa shape index (κ2) is 9.97. The van der Waals surface area contributed by atoms with Crippen molar-refractivity contribution in [2.45, 2.75) is 39.0 Å². The van der Waals surface area contributed by atoms with E-state index in [0.717, 1.165) is 30.0 Å². The molecule has 5 nitrogen and oxygen atoms in total. The molecule has 1 aliphatic heterocycles. The van der Waals surface area contributed by atoms with Gasteiger partial charge in [0.25, 0.3) is 0 Å². The standard InChI is InChI=1S/C22H30N4O/c1-2-26-13-7-10-20(26)16-25-22(23)24-15-18-8-6-9-19(14-18)17-27-21-11-4-3-5-12-21/h3-6,8-9,11-12,14,20H,2,7,10,13,15-17H2,1H3,(H3,23,24,25). The molecule has 1 atom stereocenters. The molecule has 2 aromatic rings. The number of ether oxygens (including phenoxy) is 1. The molecule has 1 aliphatic rings. The average molecular weight is 367 g/mol. The number of rotatable bonds is 8. The van der Waals surface area contributed by atoms with Gasteiger partial charge in [0.2, 0.25) is 0 Å². The van der Waals surface area contributed by atoms with E-state index in [0.29, 0.717) is 25.2 Å². The van der Waals surface area contributed by atoms with Crippen molar-refractivity contribution >= 4 is 5.96 Å². The zero-order valence-electron chi connectivity index (χ0n) is 16.1. The molecular weight excluding hydrogens is 336 g/mol. The van der Waals surface area contributed by atoms with Crippen LogP contribution in [0.2, 0.25) is 0 Å². The molecule has 0 aromatic heterocycles. The van der Waals surface area contributed by atoms with Crippen LogP contribution in [0.15, 0.2) is 59.6 Å². The Morgan fingerprint density at radius 3 is 2.81 bits per heavy atom. The molecule has 0 aliphatic carbocycles. The first-order valence-corrected chi connectivity index (χ1v) is 9.78. The van der Waals surface area contributed by atoms with Gasteiger partial charge in [-0.15, -0.1) is 0 Å². The van der Waals surface area contributed by atoms with Crippen molar-refractivity contribution in [1.82, 2.24) is 10.2 Å². The minimum absolute atomic E-state index is 0.517. The summed E-state index contributed by atoms with van der Waals surface area (Å²) in [5.41, 5.74) is 8.31. The smallest absolute Gasteiger partial charge is 0.188 e. The molecule has 5 heteroatoms. The Kier molecular flexibility index (Phi) is 7.11. The highest BCUT2D eigenvalue weighted by molar-refractivity contribution is 5.77. The Morgan fingerprint density at radius 2 is 2.00 bits per heavy atom. The topological polar surface area (TPSA) is 62.9 Å². The van der Waals surface area contributed by atoms with Crippen LogP contribution in [0.1, 0.15) is 30.9 Å². The van der Waals surface area contributed by atoms with Gasteiger partial charge in [-0.2, -0.15) is 0 Å². The second-order valence-electron chi connectivity index (χ2n) is 6.93. The fourth-order valence-corrected chi connectivity index (χ4v) is 3.50. The summed E-state index contributed by atoms with van der Waals surface area (Å²) in [6.07, 6.45) is 2.51. The number of likely N-dealkylation sites (tertiary alicyclic amines) is 1. The van der Waals surface area contributed by atoms with E-state index in [2.05, 4.69) is 40.3 Å². The number of nitrogens with one attached hydrogen (secondary N) is 1. The van der Waals surface area contributed by atoms with Crippen molar-refractivity contribution in [3.8, 4) is 5.75 Å². The molecule has 0 bridgehead atoms. The number of nitrogens with two attached hydrogens (primary N) is 1. The van der Waals surface area contributed by atoms with Crippen LogP contribution < -0.4 is 15.8 Å². The number of benzene rings is 2. The average Bonchev–Trinajstić information content (AvgIpc) is 3.18. The van der Waals surface area contributed by atoms with Gasteiger partial charge in [0, 0.05) is 12.6 Å². The minimum atomic E-state index is 0.517. The number of aliphatic imine (C=N–C) groups is 1. The van der Waals surface area contributed by atoms with Crippen molar-refractivity contribution in [3.05, 3.63) is 65.7 Å². The molecule has 1 saturated heterocycles. The first-order chi connectivity index (χ1) is 13.2. The first-order valence-electron chi connectivity index (χ1n) is 9.78. The summed E-state index contributed by atoms with van der Waals surface area (Å²) < 4.78 is 5.81. The van der Waals surface area contributed by atoms with Crippen LogP contribution in [0.3, 0.4) is 0 Å². The molecule has 0 amide bonds. The summed E-state index contributed by atoms with van der Waals surface area (Å²) in [6.45, 7) is 6.49. The van der Waals surface area contributed by atoms with E-state index in [1.165, 1.54) is 19.4 Å². The minimum Gasteiger partial charge on any atom is -0.489 e. The van der Waals surface area contributed by atoms with Gasteiger partial charge in [0.05, 0.1) is 6.54 Å². The number of nitrogens with zero attached hydrogens (tertiary/aromatic N) is 2. The quantitative estimate of drug-likeness (QED) is 0.556. The summed E-state index contributed by atoms with van der Waals surface area (Å²) in [6, 6.07) is 18.7. The summed E-state index contributed by atoms with van der Waals surface area (Å²) in [5.74, 6) is 1.39. The molecule has 1 fully saturated rings. The third-order valence-corrected chi connectivity index (χ3v) is 5.00. The second-order valence-corrected chi connectivity index (χ2v) is 6.93. The Balaban J connectivity index is 1.47. The van der Waals surface area contributed by atoms with Crippen molar-refractivity contribution in [2.75, 3.05) is 19.6 Å². The van der Waals surface area contributed by atoms with E-state index in [1.807, 2.05) is 36.4 Å². The molecule has 3 rings (SSSR count). The van der Waals surface area contributed by atoms with Gasteiger partial charge >= 0.3 is 0 Å². The van der Waals surface area contributed by atoms with Crippen molar-refractivity contribution in [1.29, 1.82) is 0 Å². The van der Waals surface area contributed by atoms with Crippen LogP contribution in [-0.2, 0) is 13.2 Å². The summed E-state index contributed by atoms with van der Waals surface area (Å²) in [7, 11) is 0. The predicted octanol–water partition coefficient (Wildman–Crippen LogP) is 3.15. The Hall–Kier alpha value is -2.53. The first kappa shape index (κ1) is 19.2. The van der Waals surface area contributed by atoms with Gasteiger partial charge in [-0.25, -0.2) is 4.99 Å². The van der Waals surface area contributed by atoms with E-state index < -0.39 is 0 Å². The molecule has 2 aromatic carbocycles. The number of para-hydroxylation sites is 1. The molecule has 0 spiro atoms. The normalized spacial score (nSPS) is 17.8. The van der Waals surface area contributed by atoms with Crippen LogP contribution >= 0.6 is 0 Å². The molecule has 1 unspecified atom stereocenters. The van der Waals surface area contributed by atoms with Gasteiger partial charge < -0.3 is 15.8 Å². The highest BCUT2D eigenvalue weighted by Crippen LogP contribution is 2.15. The van der Waals surface area contributed by atoms with Gasteiger partial charge in [0.1, 0.15) is 12.4 Å². The number of hydrogen-bond acceptors (Lipinski definition) is 3. The maximum Gasteiger partial charge on any atom is 0.188 e. The van der Waals surface area contributed by atoms with Crippen molar-refractivity contribution in [2.24, 2.45) is 10.7 Å². The lowest BCUT2D eigenvalue weighted by Crippen LogP contribution is -2.42. The third-order valence-electron chi connectivity index (χ3n) is 5.00. The summed E-state index contributed by atoms with van der Waals surface area (Å²) in [5, 5.41) is 3.28. The van der Waals surface area contributed by atoms with Crippen LogP contribution in [0.4, 0.5) is 0 Å². The predicted molar refractivity (Wildman–Crippen MR) is 111 cm³/mol. The molecule has 0 saturated carbocycles. The van der Waals surface area contributed by atoms with E-state index in [-0.39, 0.29) is 0 Å². The van der Waals surface area contributed by atoms with E-state index >= 15 is 0 Å². The number of guanidine groups is 1. The molecule has 1 heterocycles. The van der Waals surface area contributed by atoms with Gasteiger partial charge in [-0.3, -0.25) is 4.90 Å². The Morgan fingerprint density at radius 1 is 1.19 bits per heavy atom. The van der Waals surface area contributed by atoms with E-state index in [9.17, 15) is 0 Å². The fourth-order valence-electron chi connectivity index (χ4n) is 3.50.